The van der Waals surface area contributed by atoms with Crippen LogP contribution in [0.4, 0.5) is 5.69 Å². The SMILES string of the molecule is CC(C)C(NC(=O)c1ccc(Cl)c(Cl)c1)C(=O)NN=Cc1cccn1-c1ccc([N+](=O)[O-])cc1. The normalized spacial score (nSPS) is 12.0. The molecule has 0 saturated carbocycles. The first-order valence-electron chi connectivity index (χ1n) is 10.2. The van der Waals surface area contributed by atoms with Crippen LogP contribution in [-0.4, -0.2) is 33.6 Å². The van der Waals surface area contributed by atoms with E-state index in [9.17, 15) is 19.7 Å². The Labute approximate surface area is 205 Å². The molecule has 2 aromatic carbocycles. The van der Waals surface area contributed by atoms with E-state index < -0.39 is 22.8 Å². The molecule has 1 heterocycles. The molecule has 0 aliphatic rings. The van der Waals surface area contributed by atoms with Crippen molar-refractivity contribution in [2.45, 2.75) is 19.9 Å². The number of hydrogen-bond acceptors (Lipinski definition) is 5. The van der Waals surface area contributed by atoms with Crippen molar-refractivity contribution in [1.82, 2.24) is 15.3 Å². The first-order valence-corrected chi connectivity index (χ1v) is 10.9. The molecule has 176 valence electrons. The minimum atomic E-state index is -0.847. The van der Waals surface area contributed by atoms with Crippen molar-refractivity contribution in [2.75, 3.05) is 0 Å². The molecule has 0 fully saturated rings. The fourth-order valence-corrected chi connectivity index (χ4v) is 3.40. The predicted octanol–water partition coefficient (Wildman–Crippen LogP) is 4.60. The van der Waals surface area contributed by atoms with Gasteiger partial charge in [0.15, 0.2) is 0 Å². The van der Waals surface area contributed by atoms with Crippen LogP contribution in [0.1, 0.15) is 29.9 Å². The highest BCUT2D eigenvalue weighted by atomic mass is 35.5. The zero-order valence-corrected chi connectivity index (χ0v) is 19.7. The number of aromatic nitrogens is 1. The topological polar surface area (TPSA) is 119 Å². The number of nitrogens with zero attached hydrogens (tertiary/aromatic N) is 3. The van der Waals surface area contributed by atoms with Crippen LogP contribution in [0.15, 0.2) is 65.9 Å². The van der Waals surface area contributed by atoms with Crippen molar-refractivity contribution in [3.8, 4) is 5.69 Å². The van der Waals surface area contributed by atoms with E-state index in [-0.39, 0.29) is 22.2 Å². The van der Waals surface area contributed by atoms with Crippen LogP contribution in [0.25, 0.3) is 5.69 Å². The van der Waals surface area contributed by atoms with Crippen LogP contribution in [0.3, 0.4) is 0 Å². The summed E-state index contributed by atoms with van der Waals surface area (Å²) in [5.74, 6) is -1.18. The molecule has 3 rings (SSSR count). The predicted molar refractivity (Wildman–Crippen MR) is 131 cm³/mol. The van der Waals surface area contributed by atoms with E-state index in [1.165, 1.54) is 36.5 Å². The van der Waals surface area contributed by atoms with Gasteiger partial charge in [-0.25, -0.2) is 5.43 Å². The minimum Gasteiger partial charge on any atom is -0.340 e. The highest BCUT2D eigenvalue weighted by molar-refractivity contribution is 6.42. The van der Waals surface area contributed by atoms with Gasteiger partial charge in [-0.05, 0) is 48.4 Å². The van der Waals surface area contributed by atoms with E-state index in [1.54, 1.807) is 48.9 Å². The van der Waals surface area contributed by atoms with Crippen molar-refractivity contribution < 1.29 is 14.5 Å². The molecule has 1 atom stereocenters. The van der Waals surface area contributed by atoms with Gasteiger partial charge in [0.1, 0.15) is 6.04 Å². The molecule has 2 amide bonds. The monoisotopic (exact) mass is 501 g/mol. The van der Waals surface area contributed by atoms with Gasteiger partial charge in [0.05, 0.1) is 26.9 Å². The summed E-state index contributed by atoms with van der Waals surface area (Å²) in [6.07, 6.45) is 3.20. The Hall–Kier alpha value is -3.69. The second kappa shape index (κ2) is 11.0. The molecule has 0 bridgehead atoms. The molecule has 0 saturated heterocycles. The van der Waals surface area contributed by atoms with Crippen molar-refractivity contribution in [1.29, 1.82) is 0 Å². The van der Waals surface area contributed by atoms with Gasteiger partial charge in [0, 0.05) is 29.6 Å². The summed E-state index contributed by atoms with van der Waals surface area (Å²) in [5.41, 5.74) is 4.04. The highest BCUT2D eigenvalue weighted by Crippen LogP contribution is 2.22. The van der Waals surface area contributed by atoms with Crippen molar-refractivity contribution in [2.24, 2.45) is 11.0 Å². The van der Waals surface area contributed by atoms with Gasteiger partial charge in [0.2, 0.25) is 0 Å². The molecule has 0 spiro atoms. The number of rotatable bonds is 8. The van der Waals surface area contributed by atoms with Crippen molar-refractivity contribution in [3.05, 3.63) is 92.2 Å². The van der Waals surface area contributed by atoms with E-state index in [0.29, 0.717) is 16.4 Å². The van der Waals surface area contributed by atoms with Gasteiger partial charge in [0.25, 0.3) is 17.5 Å². The fraction of sp³-hybridized carbons (Fsp3) is 0.174. The van der Waals surface area contributed by atoms with E-state index >= 15 is 0 Å². The van der Waals surface area contributed by atoms with Crippen LogP contribution in [-0.2, 0) is 4.79 Å². The third kappa shape index (κ3) is 6.00. The second-order valence-electron chi connectivity index (χ2n) is 7.63. The number of nitro groups is 1. The molecule has 2 N–H and O–H groups in total. The van der Waals surface area contributed by atoms with Gasteiger partial charge < -0.3 is 9.88 Å². The van der Waals surface area contributed by atoms with Crippen LogP contribution >= 0.6 is 23.2 Å². The number of nitro benzene ring substituents is 1. The van der Waals surface area contributed by atoms with E-state index in [4.69, 9.17) is 23.2 Å². The maximum atomic E-state index is 12.7. The Bertz CT molecular complexity index is 1240. The minimum absolute atomic E-state index is 0.0129. The molecule has 0 radical (unpaired) electrons. The third-order valence-electron chi connectivity index (χ3n) is 4.91. The maximum Gasteiger partial charge on any atom is 0.269 e. The first kappa shape index (κ1) is 24.9. The summed E-state index contributed by atoms with van der Waals surface area (Å²) >= 11 is 11.9. The number of nitrogens with one attached hydrogen (secondary N) is 2. The quantitative estimate of drug-likeness (QED) is 0.266. The lowest BCUT2D eigenvalue weighted by Crippen LogP contribution is -2.48. The summed E-state index contributed by atoms with van der Waals surface area (Å²) < 4.78 is 1.76. The van der Waals surface area contributed by atoms with Crippen molar-refractivity contribution in [3.63, 3.8) is 0 Å². The molecule has 0 aliphatic carbocycles. The molecule has 0 aliphatic heterocycles. The average Bonchev–Trinajstić information content (AvgIpc) is 3.27. The lowest BCUT2D eigenvalue weighted by Gasteiger charge is -2.20. The summed E-state index contributed by atoms with van der Waals surface area (Å²) in [6.45, 7) is 3.59. The number of hydrazone groups is 1. The average molecular weight is 502 g/mol. The number of carbonyl (C=O) groups is 2. The van der Waals surface area contributed by atoms with Gasteiger partial charge in [-0.2, -0.15) is 5.10 Å². The number of halogens is 2. The van der Waals surface area contributed by atoms with Crippen LogP contribution in [0.2, 0.25) is 10.0 Å². The van der Waals surface area contributed by atoms with E-state index in [1.807, 2.05) is 0 Å². The standard InChI is InChI=1S/C23H21Cl2N5O4/c1-14(2)21(27-22(31)15-5-10-19(24)20(25)12-15)23(32)28-26-13-18-4-3-11-29(18)16-6-8-17(9-7-16)30(33)34/h3-14,21H,1-2H3,(H,27,31)(H,28,32). The Morgan fingerprint density at radius 2 is 1.79 bits per heavy atom. The van der Waals surface area contributed by atoms with Crippen molar-refractivity contribution >= 4 is 46.9 Å². The molecule has 3 aromatic rings. The largest absolute Gasteiger partial charge is 0.340 e. The molecule has 11 heteroatoms. The highest BCUT2D eigenvalue weighted by Gasteiger charge is 2.24. The zero-order chi connectivity index (χ0) is 24.8. The molecular formula is C23H21Cl2N5O4. The second-order valence-corrected chi connectivity index (χ2v) is 8.45. The number of non-ortho nitro benzene ring substituents is 1. The molecule has 1 aromatic heterocycles. The maximum absolute atomic E-state index is 12.7. The Morgan fingerprint density at radius 1 is 1.09 bits per heavy atom. The molecule has 9 nitrogen and oxygen atoms in total. The third-order valence-corrected chi connectivity index (χ3v) is 5.65. The summed E-state index contributed by atoms with van der Waals surface area (Å²) in [4.78, 5) is 35.7. The molecule has 1 unspecified atom stereocenters. The van der Waals surface area contributed by atoms with Gasteiger partial charge in [-0.15, -0.1) is 0 Å². The van der Waals surface area contributed by atoms with E-state index in [2.05, 4.69) is 15.8 Å². The number of carbonyl (C=O) groups excluding carboxylic acids is 2. The van der Waals surface area contributed by atoms with Gasteiger partial charge in [-0.1, -0.05) is 37.0 Å². The van der Waals surface area contributed by atoms with Crippen LogP contribution in [0.5, 0.6) is 0 Å². The Kier molecular flexibility index (Phi) is 8.04. The lowest BCUT2D eigenvalue weighted by molar-refractivity contribution is -0.384. The smallest absolute Gasteiger partial charge is 0.269 e. The van der Waals surface area contributed by atoms with Crippen LogP contribution < -0.4 is 10.7 Å². The molecular weight excluding hydrogens is 481 g/mol. The summed E-state index contributed by atoms with van der Waals surface area (Å²) in [5, 5.41) is 18.1. The van der Waals surface area contributed by atoms with E-state index in [0.717, 1.165) is 0 Å². The Morgan fingerprint density at radius 3 is 2.41 bits per heavy atom. The summed E-state index contributed by atoms with van der Waals surface area (Å²) in [7, 11) is 0. The fourth-order valence-electron chi connectivity index (χ4n) is 3.10. The zero-order valence-electron chi connectivity index (χ0n) is 18.2. The first-order chi connectivity index (χ1) is 16.2. The number of hydrogen-bond donors (Lipinski definition) is 2. The molecule has 34 heavy (non-hydrogen) atoms. The van der Waals surface area contributed by atoms with Crippen LogP contribution in [0, 0.1) is 16.0 Å². The number of amides is 2. The number of benzene rings is 2. The lowest BCUT2D eigenvalue weighted by atomic mass is 10.0. The van der Waals surface area contributed by atoms with Gasteiger partial charge >= 0.3 is 0 Å². The van der Waals surface area contributed by atoms with Gasteiger partial charge in [-0.3, -0.25) is 19.7 Å². The summed E-state index contributed by atoms with van der Waals surface area (Å²) in [6, 6.07) is 13.2. The Balaban J connectivity index is 1.68.